The van der Waals surface area contributed by atoms with Crippen LogP contribution >= 0.6 is 11.6 Å². The van der Waals surface area contributed by atoms with Gasteiger partial charge in [0.1, 0.15) is 5.75 Å². The molecule has 1 aromatic heterocycles. The quantitative estimate of drug-likeness (QED) is 0.905. The third kappa shape index (κ3) is 4.41. The average Bonchev–Trinajstić information content (AvgIpc) is 2.42. The molecular formula is C16H20ClN3O. The van der Waals surface area contributed by atoms with Crippen LogP contribution in [0.4, 0.5) is 0 Å². The highest BCUT2D eigenvalue weighted by molar-refractivity contribution is 6.32. The van der Waals surface area contributed by atoms with Crippen LogP contribution in [0.5, 0.6) is 11.8 Å². The molecular weight excluding hydrogens is 286 g/mol. The standard InChI is InChI=1S/C16H20ClN3O/c1-10(2)18-8-13-9-19-16(20-12(13)4)21-15-7-11(3)5-6-14(15)17/h5-7,9-10,18H,8H2,1-4H3. The summed E-state index contributed by atoms with van der Waals surface area (Å²) in [6.07, 6.45) is 1.79. The van der Waals surface area contributed by atoms with E-state index in [1.165, 1.54) is 0 Å². The predicted molar refractivity (Wildman–Crippen MR) is 85.0 cm³/mol. The van der Waals surface area contributed by atoms with Crippen molar-refractivity contribution in [3.05, 3.63) is 46.2 Å². The molecule has 0 radical (unpaired) electrons. The molecule has 0 fully saturated rings. The lowest BCUT2D eigenvalue weighted by Crippen LogP contribution is -2.22. The van der Waals surface area contributed by atoms with E-state index in [4.69, 9.17) is 16.3 Å². The molecule has 2 aromatic rings. The Bertz CT molecular complexity index is 629. The molecule has 0 aliphatic carbocycles. The number of aryl methyl sites for hydroxylation is 2. The topological polar surface area (TPSA) is 47.0 Å². The summed E-state index contributed by atoms with van der Waals surface area (Å²) >= 11 is 6.11. The highest BCUT2D eigenvalue weighted by Gasteiger charge is 2.08. The SMILES string of the molecule is Cc1ccc(Cl)c(Oc2ncc(CNC(C)C)c(C)n2)c1. The van der Waals surface area contributed by atoms with E-state index in [1.807, 2.05) is 26.0 Å². The summed E-state index contributed by atoms with van der Waals surface area (Å²) in [6.45, 7) is 8.88. The van der Waals surface area contributed by atoms with Crippen LogP contribution in [-0.2, 0) is 6.54 Å². The lowest BCUT2D eigenvalue weighted by atomic mass is 10.2. The van der Waals surface area contributed by atoms with Crippen molar-refractivity contribution in [2.75, 3.05) is 0 Å². The fourth-order valence-electron chi connectivity index (χ4n) is 1.79. The van der Waals surface area contributed by atoms with Gasteiger partial charge in [-0.25, -0.2) is 4.98 Å². The third-order valence-corrected chi connectivity index (χ3v) is 3.36. The van der Waals surface area contributed by atoms with Crippen LogP contribution in [0.1, 0.15) is 30.7 Å². The molecule has 0 aliphatic rings. The van der Waals surface area contributed by atoms with E-state index >= 15 is 0 Å². The van der Waals surface area contributed by atoms with E-state index in [-0.39, 0.29) is 0 Å². The van der Waals surface area contributed by atoms with E-state index in [2.05, 4.69) is 29.1 Å². The molecule has 4 nitrogen and oxygen atoms in total. The molecule has 0 spiro atoms. The maximum Gasteiger partial charge on any atom is 0.322 e. The summed E-state index contributed by atoms with van der Waals surface area (Å²) in [7, 11) is 0. The van der Waals surface area contributed by atoms with E-state index in [9.17, 15) is 0 Å². The number of nitrogens with zero attached hydrogens (tertiary/aromatic N) is 2. The van der Waals surface area contributed by atoms with Crippen molar-refractivity contribution in [2.24, 2.45) is 0 Å². The van der Waals surface area contributed by atoms with Crippen molar-refractivity contribution in [3.8, 4) is 11.8 Å². The molecule has 0 saturated carbocycles. The normalized spacial score (nSPS) is 11.0. The van der Waals surface area contributed by atoms with Crippen molar-refractivity contribution in [1.82, 2.24) is 15.3 Å². The Labute approximate surface area is 130 Å². The zero-order valence-electron chi connectivity index (χ0n) is 12.8. The molecule has 1 heterocycles. The summed E-state index contributed by atoms with van der Waals surface area (Å²) in [4.78, 5) is 8.64. The fourth-order valence-corrected chi connectivity index (χ4v) is 1.95. The maximum absolute atomic E-state index is 6.11. The number of nitrogens with one attached hydrogen (secondary N) is 1. The Kier molecular flexibility index (Phi) is 5.15. The van der Waals surface area contributed by atoms with E-state index in [0.29, 0.717) is 22.8 Å². The largest absolute Gasteiger partial charge is 0.423 e. The lowest BCUT2D eigenvalue weighted by molar-refractivity contribution is 0.438. The Morgan fingerprint density at radius 1 is 1.29 bits per heavy atom. The summed E-state index contributed by atoms with van der Waals surface area (Å²) < 4.78 is 5.68. The molecule has 0 aliphatic heterocycles. The van der Waals surface area contributed by atoms with Crippen LogP contribution in [0.2, 0.25) is 5.02 Å². The Morgan fingerprint density at radius 3 is 2.71 bits per heavy atom. The van der Waals surface area contributed by atoms with E-state index < -0.39 is 0 Å². The number of hydrogen-bond acceptors (Lipinski definition) is 4. The smallest absolute Gasteiger partial charge is 0.322 e. The Morgan fingerprint density at radius 2 is 2.05 bits per heavy atom. The van der Waals surface area contributed by atoms with Gasteiger partial charge in [0.2, 0.25) is 0 Å². The highest BCUT2D eigenvalue weighted by atomic mass is 35.5. The summed E-state index contributed by atoms with van der Waals surface area (Å²) in [5.41, 5.74) is 3.03. The van der Waals surface area contributed by atoms with Gasteiger partial charge in [-0.2, -0.15) is 4.98 Å². The van der Waals surface area contributed by atoms with Crippen LogP contribution in [-0.4, -0.2) is 16.0 Å². The Balaban J connectivity index is 2.14. The first-order chi connectivity index (χ1) is 9.95. The van der Waals surface area contributed by atoms with Gasteiger partial charge in [0.25, 0.3) is 0 Å². The zero-order chi connectivity index (χ0) is 15.4. The fraction of sp³-hybridized carbons (Fsp3) is 0.375. The van der Waals surface area contributed by atoms with Crippen LogP contribution in [0, 0.1) is 13.8 Å². The monoisotopic (exact) mass is 305 g/mol. The van der Waals surface area contributed by atoms with Crippen molar-refractivity contribution < 1.29 is 4.74 Å². The van der Waals surface area contributed by atoms with Crippen LogP contribution in [0.15, 0.2) is 24.4 Å². The maximum atomic E-state index is 6.11. The van der Waals surface area contributed by atoms with Crippen molar-refractivity contribution in [2.45, 2.75) is 40.3 Å². The summed E-state index contributed by atoms with van der Waals surface area (Å²) in [5.74, 6) is 0.573. The van der Waals surface area contributed by atoms with E-state index in [0.717, 1.165) is 23.4 Å². The second kappa shape index (κ2) is 6.87. The number of hydrogen-bond donors (Lipinski definition) is 1. The van der Waals surface area contributed by atoms with Crippen molar-refractivity contribution in [1.29, 1.82) is 0 Å². The number of halogens is 1. The average molecular weight is 306 g/mol. The molecule has 0 bridgehead atoms. The molecule has 0 atom stereocenters. The second-order valence-corrected chi connectivity index (χ2v) is 5.74. The first-order valence-corrected chi connectivity index (χ1v) is 7.33. The molecule has 2 rings (SSSR count). The number of aromatic nitrogens is 2. The van der Waals surface area contributed by atoms with Gasteiger partial charge in [0, 0.05) is 30.0 Å². The van der Waals surface area contributed by atoms with Crippen LogP contribution in [0.25, 0.3) is 0 Å². The first-order valence-electron chi connectivity index (χ1n) is 6.95. The van der Waals surface area contributed by atoms with Gasteiger partial charge in [-0.05, 0) is 31.5 Å². The molecule has 112 valence electrons. The molecule has 0 unspecified atom stereocenters. The Hall–Kier alpha value is -1.65. The lowest BCUT2D eigenvalue weighted by Gasteiger charge is -2.11. The molecule has 5 heteroatoms. The van der Waals surface area contributed by atoms with Crippen LogP contribution in [0.3, 0.4) is 0 Å². The molecule has 1 N–H and O–H groups in total. The van der Waals surface area contributed by atoms with Gasteiger partial charge >= 0.3 is 6.01 Å². The third-order valence-electron chi connectivity index (χ3n) is 3.05. The molecule has 0 saturated heterocycles. The summed E-state index contributed by atoms with van der Waals surface area (Å²) in [5, 5.41) is 3.89. The van der Waals surface area contributed by atoms with Gasteiger partial charge in [-0.1, -0.05) is 31.5 Å². The second-order valence-electron chi connectivity index (χ2n) is 5.33. The van der Waals surface area contributed by atoms with Gasteiger partial charge in [-0.3, -0.25) is 0 Å². The minimum absolute atomic E-state index is 0.313. The van der Waals surface area contributed by atoms with Crippen molar-refractivity contribution >= 4 is 11.6 Å². The van der Waals surface area contributed by atoms with Gasteiger partial charge < -0.3 is 10.1 Å². The highest BCUT2D eigenvalue weighted by Crippen LogP contribution is 2.28. The van der Waals surface area contributed by atoms with Crippen LogP contribution < -0.4 is 10.1 Å². The van der Waals surface area contributed by atoms with E-state index in [1.54, 1.807) is 12.3 Å². The van der Waals surface area contributed by atoms with Gasteiger partial charge in [0.15, 0.2) is 0 Å². The predicted octanol–water partition coefficient (Wildman–Crippen LogP) is 4.04. The first kappa shape index (κ1) is 15.7. The molecule has 0 amide bonds. The summed E-state index contributed by atoms with van der Waals surface area (Å²) in [6, 6.07) is 6.34. The molecule has 21 heavy (non-hydrogen) atoms. The molecule has 1 aromatic carbocycles. The number of rotatable bonds is 5. The van der Waals surface area contributed by atoms with Crippen molar-refractivity contribution in [3.63, 3.8) is 0 Å². The number of benzene rings is 1. The minimum atomic E-state index is 0.313. The minimum Gasteiger partial charge on any atom is -0.423 e. The number of ether oxygens (including phenoxy) is 1. The van der Waals surface area contributed by atoms with Gasteiger partial charge in [0.05, 0.1) is 5.02 Å². The zero-order valence-corrected chi connectivity index (χ0v) is 13.5. The van der Waals surface area contributed by atoms with Gasteiger partial charge in [-0.15, -0.1) is 0 Å².